The van der Waals surface area contributed by atoms with E-state index in [1.165, 1.54) is 4.57 Å². The Labute approximate surface area is 164 Å². The van der Waals surface area contributed by atoms with Crippen LogP contribution in [0.2, 0.25) is 0 Å². The molecule has 2 amide bonds. The Morgan fingerprint density at radius 2 is 1.72 bits per heavy atom. The summed E-state index contributed by atoms with van der Waals surface area (Å²) >= 11 is 0. The molecule has 0 unspecified atom stereocenters. The van der Waals surface area contributed by atoms with Crippen LogP contribution < -0.4 is 10.6 Å². The third-order valence-corrected chi connectivity index (χ3v) is 4.24. The topological polar surface area (TPSA) is 76.0 Å². The van der Waals surface area contributed by atoms with Crippen LogP contribution in [0.1, 0.15) is 29.1 Å². The lowest BCUT2D eigenvalue weighted by molar-refractivity contribution is -0.138. The maximum atomic E-state index is 12.4. The first-order valence-electron chi connectivity index (χ1n) is 8.89. The van der Waals surface area contributed by atoms with Gasteiger partial charge in [-0.05, 0) is 31.2 Å². The summed E-state index contributed by atoms with van der Waals surface area (Å²) in [7, 11) is 0. The molecule has 0 aliphatic carbocycles. The normalized spacial score (nSPS) is 12.6. The highest BCUT2D eigenvalue weighted by Gasteiger charge is 2.28. The lowest BCUT2D eigenvalue weighted by Gasteiger charge is -2.16. The molecule has 0 radical (unpaired) electrons. The van der Waals surface area contributed by atoms with E-state index in [4.69, 9.17) is 0 Å². The first-order valence-corrected chi connectivity index (χ1v) is 8.89. The van der Waals surface area contributed by atoms with Gasteiger partial charge >= 0.3 is 6.18 Å². The van der Waals surface area contributed by atoms with Gasteiger partial charge < -0.3 is 15.2 Å². The molecule has 0 saturated carbocycles. The van der Waals surface area contributed by atoms with E-state index in [1.54, 1.807) is 61.5 Å². The average Bonchev–Trinajstić information content (AvgIpc) is 3.05. The molecule has 1 atom stereocenters. The Bertz CT molecular complexity index is 1020. The molecule has 9 heteroatoms. The van der Waals surface area contributed by atoms with Crippen LogP contribution in [0.3, 0.4) is 0 Å². The van der Waals surface area contributed by atoms with Crippen molar-refractivity contribution in [1.82, 2.24) is 20.2 Å². The number of imidazole rings is 1. The van der Waals surface area contributed by atoms with Gasteiger partial charge in [0, 0.05) is 5.56 Å². The number of hydrogen-bond donors (Lipinski definition) is 2. The summed E-state index contributed by atoms with van der Waals surface area (Å²) in [5.41, 5.74) is 1.63. The maximum absolute atomic E-state index is 12.4. The molecule has 0 aliphatic rings. The summed E-state index contributed by atoms with van der Waals surface area (Å²) < 4.78 is 38.6. The summed E-state index contributed by atoms with van der Waals surface area (Å²) in [5, 5.41) is 4.67. The van der Waals surface area contributed by atoms with Gasteiger partial charge in [-0.2, -0.15) is 13.2 Å². The molecule has 0 bridgehead atoms. The lowest BCUT2D eigenvalue weighted by atomic mass is 10.2. The van der Waals surface area contributed by atoms with Crippen molar-refractivity contribution in [3.63, 3.8) is 0 Å². The van der Waals surface area contributed by atoms with E-state index >= 15 is 0 Å². The largest absolute Gasteiger partial charge is 0.405 e. The van der Waals surface area contributed by atoms with Gasteiger partial charge in [0.15, 0.2) is 0 Å². The fourth-order valence-corrected chi connectivity index (χ4v) is 2.92. The minimum atomic E-state index is -4.49. The second kappa shape index (κ2) is 8.34. The summed E-state index contributed by atoms with van der Waals surface area (Å²) in [6, 6.07) is 15.0. The SMILES string of the molecule is C[C@@H](NC(=O)c1ccccc1)c1nc2ccccc2n1CC(=O)NCC(F)(F)F. The van der Waals surface area contributed by atoms with Gasteiger partial charge in [0.05, 0.1) is 17.1 Å². The van der Waals surface area contributed by atoms with Gasteiger partial charge in [-0.3, -0.25) is 9.59 Å². The maximum Gasteiger partial charge on any atom is 0.405 e. The third kappa shape index (κ3) is 5.13. The average molecular weight is 404 g/mol. The molecule has 3 aromatic rings. The van der Waals surface area contributed by atoms with Crippen LogP contribution >= 0.6 is 0 Å². The van der Waals surface area contributed by atoms with E-state index in [2.05, 4.69) is 10.3 Å². The number of benzene rings is 2. The van der Waals surface area contributed by atoms with E-state index in [9.17, 15) is 22.8 Å². The van der Waals surface area contributed by atoms with Crippen molar-refractivity contribution in [1.29, 1.82) is 0 Å². The van der Waals surface area contributed by atoms with E-state index in [1.807, 2.05) is 5.32 Å². The minimum absolute atomic E-state index is 0.321. The van der Waals surface area contributed by atoms with Crippen LogP contribution in [0.25, 0.3) is 11.0 Å². The fourth-order valence-electron chi connectivity index (χ4n) is 2.92. The number of nitrogens with one attached hydrogen (secondary N) is 2. The molecule has 0 saturated heterocycles. The molecular weight excluding hydrogens is 385 g/mol. The van der Waals surface area contributed by atoms with Crippen molar-refractivity contribution in [2.45, 2.75) is 25.7 Å². The number of carbonyl (C=O) groups excluding carboxylic acids is 2. The number of nitrogens with zero attached hydrogens (tertiary/aromatic N) is 2. The van der Waals surface area contributed by atoms with Crippen LogP contribution in [0.5, 0.6) is 0 Å². The first kappa shape index (κ1) is 20.4. The number of carbonyl (C=O) groups is 2. The molecular formula is C20H19F3N4O2. The van der Waals surface area contributed by atoms with Gasteiger partial charge in [0.2, 0.25) is 5.91 Å². The molecule has 1 aromatic heterocycles. The zero-order valence-electron chi connectivity index (χ0n) is 15.5. The predicted molar refractivity (Wildman–Crippen MR) is 101 cm³/mol. The van der Waals surface area contributed by atoms with Crippen LogP contribution in [-0.4, -0.2) is 34.1 Å². The zero-order valence-corrected chi connectivity index (χ0v) is 15.5. The van der Waals surface area contributed by atoms with Crippen LogP contribution in [0.4, 0.5) is 13.2 Å². The van der Waals surface area contributed by atoms with Crippen molar-refractivity contribution >= 4 is 22.8 Å². The van der Waals surface area contributed by atoms with Crippen molar-refractivity contribution < 1.29 is 22.8 Å². The molecule has 2 aromatic carbocycles. The Hall–Kier alpha value is -3.36. The zero-order chi connectivity index (χ0) is 21.0. The summed E-state index contributed by atoms with van der Waals surface area (Å²) in [4.78, 5) is 29.0. The van der Waals surface area contributed by atoms with Gasteiger partial charge in [0.1, 0.15) is 18.9 Å². The number of amides is 2. The second-order valence-electron chi connectivity index (χ2n) is 6.50. The van der Waals surface area contributed by atoms with Crippen molar-refractivity contribution in [2.75, 3.05) is 6.54 Å². The molecule has 6 nitrogen and oxygen atoms in total. The number of aromatic nitrogens is 2. The smallest absolute Gasteiger partial charge is 0.345 e. The molecule has 3 rings (SSSR count). The predicted octanol–water partition coefficient (Wildman–Crippen LogP) is 3.21. The van der Waals surface area contributed by atoms with E-state index < -0.39 is 24.7 Å². The number of halogens is 3. The lowest BCUT2D eigenvalue weighted by Crippen LogP contribution is -2.36. The minimum Gasteiger partial charge on any atom is -0.345 e. The first-order chi connectivity index (χ1) is 13.7. The monoisotopic (exact) mass is 404 g/mol. The molecule has 0 aliphatic heterocycles. The third-order valence-electron chi connectivity index (χ3n) is 4.24. The highest BCUT2D eigenvalue weighted by Crippen LogP contribution is 2.21. The fraction of sp³-hybridized carbons (Fsp3) is 0.250. The Morgan fingerprint density at radius 3 is 2.41 bits per heavy atom. The Kier molecular flexibility index (Phi) is 5.86. The van der Waals surface area contributed by atoms with Crippen LogP contribution in [0, 0.1) is 0 Å². The van der Waals surface area contributed by atoms with Crippen LogP contribution in [0.15, 0.2) is 54.6 Å². The number of hydrogen-bond acceptors (Lipinski definition) is 3. The molecule has 1 heterocycles. The summed E-state index contributed by atoms with van der Waals surface area (Å²) in [6.07, 6.45) is -4.49. The van der Waals surface area contributed by atoms with Gasteiger partial charge in [-0.15, -0.1) is 0 Å². The number of alkyl halides is 3. The van der Waals surface area contributed by atoms with Gasteiger partial charge in [-0.1, -0.05) is 30.3 Å². The molecule has 0 spiro atoms. The van der Waals surface area contributed by atoms with Gasteiger partial charge in [-0.25, -0.2) is 4.98 Å². The summed E-state index contributed by atoms with van der Waals surface area (Å²) in [6.45, 7) is -0.0578. The van der Waals surface area contributed by atoms with Crippen LogP contribution in [-0.2, 0) is 11.3 Å². The second-order valence-corrected chi connectivity index (χ2v) is 6.50. The quantitative estimate of drug-likeness (QED) is 0.663. The highest BCUT2D eigenvalue weighted by atomic mass is 19.4. The summed E-state index contributed by atoms with van der Waals surface area (Å²) in [5.74, 6) is -0.746. The van der Waals surface area contributed by atoms with Gasteiger partial charge in [0.25, 0.3) is 5.91 Å². The Morgan fingerprint density at radius 1 is 1.07 bits per heavy atom. The van der Waals surface area contributed by atoms with E-state index in [-0.39, 0.29) is 12.5 Å². The highest BCUT2D eigenvalue weighted by molar-refractivity contribution is 5.94. The van der Waals surface area contributed by atoms with E-state index in [0.717, 1.165) is 0 Å². The van der Waals surface area contributed by atoms with E-state index in [0.29, 0.717) is 22.4 Å². The van der Waals surface area contributed by atoms with Crippen molar-refractivity contribution in [3.8, 4) is 0 Å². The molecule has 0 fully saturated rings. The Balaban J connectivity index is 1.84. The molecule has 29 heavy (non-hydrogen) atoms. The number of rotatable bonds is 6. The molecule has 152 valence electrons. The molecule has 2 N–H and O–H groups in total. The number of para-hydroxylation sites is 2. The standard InChI is InChI=1S/C20H19F3N4O2/c1-13(25-19(29)14-7-3-2-4-8-14)18-26-15-9-5-6-10-16(15)27(18)11-17(28)24-12-20(21,22)23/h2-10,13H,11-12H2,1H3,(H,24,28)(H,25,29)/t13-/m1/s1. The van der Waals surface area contributed by atoms with Crippen molar-refractivity contribution in [2.24, 2.45) is 0 Å². The van der Waals surface area contributed by atoms with Crippen molar-refractivity contribution in [3.05, 3.63) is 66.0 Å². The number of fused-ring (bicyclic) bond motifs is 1.